The van der Waals surface area contributed by atoms with Crippen LogP contribution < -0.4 is 0 Å². The van der Waals surface area contributed by atoms with Gasteiger partial charge in [0, 0.05) is 57.2 Å². The Labute approximate surface area is 266 Å². The van der Waals surface area contributed by atoms with Crippen molar-refractivity contribution >= 4 is 11.8 Å². The third-order valence-corrected chi connectivity index (χ3v) is 11.2. The number of carbonyl (C=O) groups excluding carboxylic acids is 2. The number of likely N-dealkylation sites (N-methyl/N-ethyl adjacent to an activating group) is 2. The predicted molar refractivity (Wildman–Crippen MR) is 169 cm³/mol. The number of rotatable bonds is 7. The fourth-order valence-corrected chi connectivity index (χ4v) is 8.10. The number of aliphatic hydroxyl groups is 1. The molecule has 0 aromatic rings. The van der Waals surface area contributed by atoms with Crippen molar-refractivity contribution in [1.82, 2.24) is 14.7 Å². The molecule has 1 saturated carbocycles. The first-order chi connectivity index (χ1) is 20.6. The van der Waals surface area contributed by atoms with Crippen LogP contribution in [-0.2, 0) is 28.5 Å². The summed E-state index contributed by atoms with van der Waals surface area (Å²) in [5, 5.41) is 11.3. The SMILES string of the molecule is CO[C@]1(C)C[C@@H](C)CN(C)C(C2CN(CC3CCC3)C2)COC(=O)C(C)(C)C(=O)[C@H](C)[C@H]1O[C@@H]1O[C@H](C)C[C@H](N(C)C)[C@H]1O. The van der Waals surface area contributed by atoms with E-state index in [1.54, 1.807) is 27.9 Å². The van der Waals surface area contributed by atoms with Gasteiger partial charge in [-0.15, -0.1) is 0 Å². The molecule has 3 saturated heterocycles. The lowest BCUT2D eigenvalue weighted by molar-refractivity contribution is -0.295. The number of hydrogen-bond donors (Lipinski definition) is 1. The van der Waals surface area contributed by atoms with Crippen molar-refractivity contribution in [1.29, 1.82) is 0 Å². The summed E-state index contributed by atoms with van der Waals surface area (Å²) >= 11 is 0. The molecule has 0 spiro atoms. The number of aliphatic hydroxyl groups excluding tert-OH is 1. The lowest BCUT2D eigenvalue weighted by Gasteiger charge is -2.48. The zero-order valence-electron chi connectivity index (χ0n) is 29.1. The minimum Gasteiger partial charge on any atom is -0.463 e. The van der Waals surface area contributed by atoms with E-state index < -0.39 is 41.4 Å². The standard InChI is InChI=1S/C34H61N3O7/c1-21-15-34(6,41-10)30(44-31-28(38)26(35(7)8)14-22(2)43-31)23(3)29(39)33(4,5)32(40)42-20-27(36(9)16-21)25-18-37(19-25)17-24-12-11-13-24/h21-28,30-31,38H,11-20H2,1-10H3/t21-,22-,23+,26+,27?,28-,30-,31+,34-/m1/s1. The van der Waals surface area contributed by atoms with Crippen LogP contribution in [0.15, 0.2) is 0 Å². The summed E-state index contributed by atoms with van der Waals surface area (Å²) in [4.78, 5) is 34.7. The number of cyclic esters (lactones) is 1. The molecule has 0 aromatic carbocycles. The van der Waals surface area contributed by atoms with E-state index in [0.29, 0.717) is 18.8 Å². The largest absolute Gasteiger partial charge is 0.463 e. The Hall–Kier alpha value is -1.14. The van der Waals surface area contributed by atoms with Crippen molar-refractivity contribution < 1.29 is 33.6 Å². The molecule has 4 rings (SSSR count). The van der Waals surface area contributed by atoms with Crippen LogP contribution in [-0.4, -0.2) is 135 Å². The van der Waals surface area contributed by atoms with Crippen LogP contribution in [0.5, 0.6) is 0 Å². The van der Waals surface area contributed by atoms with Crippen LogP contribution in [0.4, 0.5) is 0 Å². The normalized spacial score (nSPS) is 40.8. The molecular formula is C34H61N3O7. The fraction of sp³-hybridized carbons (Fsp3) is 0.941. The highest BCUT2D eigenvalue weighted by Crippen LogP contribution is 2.39. The Kier molecular flexibility index (Phi) is 11.6. The molecule has 0 aromatic heterocycles. The van der Waals surface area contributed by atoms with E-state index in [-0.39, 0.29) is 36.5 Å². The highest BCUT2D eigenvalue weighted by Gasteiger charge is 2.52. The average molecular weight is 624 g/mol. The maximum Gasteiger partial charge on any atom is 0.319 e. The number of likely N-dealkylation sites (tertiary alicyclic amines) is 1. The summed E-state index contributed by atoms with van der Waals surface area (Å²) < 4.78 is 25.0. The van der Waals surface area contributed by atoms with Crippen LogP contribution in [0.2, 0.25) is 0 Å². The van der Waals surface area contributed by atoms with Gasteiger partial charge in [-0.2, -0.15) is 0 Å². The lowest BCUT2D eigenvalue weighted by atomic mass is 9.74. The number of esters is 1. The Bertz CT molecular complexity index is 984. The number of nitrogens with zero attached hydrogens (tertiary/aromatic N) is 3. The van der Waals surface area contributed by atoms with Gasteiger partial charge in [-0.25, -0.2) is 0 Å². The van der Waals surface area contributed by atoms with Crippen molar-refractivity contribution in [2.75, 3.05) is 61.0 Å². The average Bonchev–Trinajstić information content (AvgIpc) is 2.90. The molecule has 1 N–H and O–H groups in total. The maximum atomic E-state index is 14.2. The van der Waals surface area contributed by atoms with E-state index in [2.05, 4.69) is 23.8 Å². The van der Waals surface area contributed by atoms with Crippen molar-refractivity contribution in [2.45, 2.75) is 116 Å². The monoisotopic (exact) mass is 623 g/mol. The molecule has 0 amide bonds. The second kappa shape index (κ2) is 14.3. The zero-order valence-corrected chi connectivity index (χ0v) is 29.1. The second-order valence-electron chi connectivity index (χ2n) is 15.6. The van der Waals surface area contributed by atoms with E-state index in [1.807, 2.05) is 32.8 Å². The van der Waals surface area contributed by atoms with E-state index in [4.69, 9.17) is 18.9 Å². The quantitative estimate of drug-likeness (QED) is 0.337. The van der Waals surface area contributed by atoms with Crippen LogP contribution in [0.1, 0.15) is 73.6 Å². The van der Waals surface area contributed by atoms with Crippen LogP contribution in [0.3, 0.4) is 0 Å². The predicted octanol–water partition coefficient (Wildman–Crippen LogP) is 3.05. The zero-order chi connectivity index (χ0) is 32.6. The third kappa shape index (κ3) is 7.69. The van der Waals surface area contributed by atoms with Gasteiger partial charge in [0.25, 0.3) is 0 Å². The van der Waals surface area contributed by atoms with E-state index in [0.717, 1.165) is 25.6 Å². The van der Waals surface area contributed by atoms with Gasteiger partial charge < -0.3 is 33.9 Å². The summed E-state index contributed by atoms with van der Waals surface area (Å²) in [7, 11) is 7.64. The number of Topliss-reactive ketones (excluding diaryl/α,β-unsaturated/α-hetero) is 1. The first-order valence-corrected chi connectivity index (χ1v) is 16.9. The summed E-state index contributed by atoms with van der Waals surface area (Å²) in [5.74, 6) is -0.100. The molecule has 10 nitrogen and oxygen atoms in total. The summed E-state index contributed by atoms with van der Waals surface area (Å²) in [6, 6.07) is -0.0930. The van der Waals surface area contributed by atoms with Crippen LogP contribution in [0.25, 0.3) is 0 Å². The molecule has 1 unspecified atom stereocenters. The van der Waals surface area contributed by atoms with Gasteiger partial charge in [-0.3, -0.25) is 14.5 Å². The number of carbonyl (C=O) groups is 2. The minimum atomic E-state index is -1.39. The first-order valence-electron chi connectivity index (χ1n) is 16.9. The van der Waals surface area contributed by atoms with Gasteiger partial charge in [0.2, 0.25) is 0 Å². The van der Waals surface area contributed by atoms with Gasteiger partial charge in [0.1, 0.15) is 18.1 Å². The van der Waals surface area contributed by atoms with Crippen molar-refractivity contribution in [3.63, 3.8) is 0 Å². The number of ether oxygens (including phenoxy) is 4. The van der Waals surface area contributed by atoms with Gasteiger partial charge >= 0.3 is 5.97 Å². The molecule has 0 radical (unpaired) electrons. The summed E-state index contributed by atoms with van der Waals surface area (Å²) in [6.45, 7) is 15.5. The maximum absolute atomic E-state index is 14.2. The lowest BCUT2D eigenvalue weighted by Crippen LogP contribution is -2.59. The highest BCUT2D eigenvalue weighted by molar-refractivity contribution is 6.04. The van der Waals surface area contributed by atoms with Crippen molar-refractivity contribution in [3.8, 4) is 0 Å². The van der Waals surface area contributed by atoms with Crippen molar-refractivity contribution in [2.24, 2.45) is 29.1 Å². The molecule has 1 aliphatic carbocycles. The fourth-order valence-electron chi connectivity index (χ4n) is 8.10. The molecular weight excluding hydrogens is 562 g/mol. The Balaban J connectivity index is 1.59. The summed E-state index contributed by atoms with van der Waals surface area (Å²) in [5.41, 5.74) is -2.29. The van der Waals surface area contributed by atoms with Crippen LogP contribution in [0, 0.1) is 29.1 Å². The van der Waals surface area contributed by atoms with E-state index >= 15 is 0 Å². The number of hydrogen-bond acceptors (Lipinski definition) is 10. The molecule has 4 fully saturated rings. The van der Waals surface area contributed by atoms with E-state index in [9.17, 15) is 14.7 Å². The third-order valence-electron chi connectivity index (χ3n) is 11.2. The van der Waals surface area contributed by atoms with Gasteiger partial charge in [-0.05, 0) is 86.4 Å². The van der Waals surface area contributed by atoms with E-state index in [1.165, 1.54) is 25.8 Å². The Morgan fingerprint density at radius 3 is 2.30 bits per heavy atom. The first kappa shape index (κ1) is 35.7. The molecule has 3 aliphatic heterocycles. The minimum absolute atomic E-state index is 0.0687. The number of ketones is 1. The molecule has 3 heterocycles. The molecule has 0 bridgehead atoms. The van der Waals surface area contributed by atoms with Crippen LogP contribution >= 0.6 is 0 Å². The van der Waals surface area contributed by atoms with Gasteiger partial charge in [0.05, 0.1) is 17.8 Å². The van der Waals surface area contributed by atoms with Gasteiger partial charge in [-0.1, -0.05) is 20.3 Å². The van der Waals surface area contributed by atoms with Crippen molar-refractivity contribution in [3.05, 3.63) is 0 Å². The molecule has 254 valence electrons. The molecule has 10 heteroatoms. The summed E-state index contributed by atoms with van der Waals surface area (Å²) in [6.07, 6.45) is 2.52. The smallest absolute Gasteiger partial charge is 0.319 e. The highest BCUT2D eigenvalue weighted by atomic mass is 16.7. The Morgan fingerprint density at radius 1 is 1.07 bits per heavy atom. The Morgan fingerprint density at radius 2 is 1.73 bits per heavy atom. The number of methoxy groups -OCH3 is 1. The van der Waals surface area contributed by atoms with Gasteiger partial charge in [0.15, 0.2) is 12.1 Å². The topological polar surface area (TPSA) is 101 Å². The molecule has 4 aliphatic rings. The molecule has 9 atom stereocenters. The molecule has 44 heavy (non-hydrogen) atoms. The second-order valence-corrected chi connectivity index (χ2v) is 15.6.